The fourth-order valence-electron chi connectivity index (χ4n) is 4.09. The molecule has 3 amide bonds. The molecule has 0 saturated carbocycles. The Hall–Kier alpha value is -4.08. The Morgan fingerprint density at radius 3 is 2.07 bits per heavy atom. The van der Waals surface area contributed by atoms with Crippen molar-refractivity contribution in [1.82, 2.24) is 15.5 Å². The average molecular weight is 570 g/mol. The molecule has 0 saturated heterocycles. The SMILES string of the molecule is CCN(C(=O)CNC(=O)OC(C)(C)C)C(C(=O)NC(Cc1ccccc1)C(=O)OC(C)(C)C)c1cccc(C)c1O. The number of hydrogen-bond acceptors (Lipinski definition) is 7. The normalized spacial score (nSPS) is 13.0. The largest absolute Gasteiger partial charge is 0.507 e. The molecule has 10 nitrogen and oxygen atoms in total. The molecular weight excluding hydrogens is 526 g/mol. The molecule has 41 heavy (non-hydrogen) atoms. The zero-order valence-electron chi connectivity index (χ0n) is 25.2. The smallest absolute Gasteiger partial charge is 0.408 e. The second-order valence-electron chi connectivity index (χ2n) is 11.7. The topological polar surface area (TPSA) is 134 Å². The molecule has 2 unspecified atom stereocenters. The van der Waals surface area contributed by atoms with E-state index < -0.39 is 53.7 Å². The van der Waals surface area contributed by atoms with E-state index in [0.717, 1.165) is 5.56 Å². The first-order valence-electron chi connectivity index (χ1n) is 13.6. The molecule has 0 aliphatic carbocycles. The highest BCUT2D eigenvalue weighted by Gasteiger charge is 2.36. The molecule has 0 aromatic heterocycles. The lowest BCUT2D eigenvalue weighted by molar-refractivity contribution is -0.159. The maximum Gasteiger partial charge on any atom is 0.408 e. The van der Waals surface area contributed by atoms with Gasteiger partial charge in [0, 0.05) is 18.5 Å². The average Bonchev–Trinajstić information content (AvgIpc) is 2.86. The maximum atomic E-state index is 14.0. The van der Waals surface area contributed by atoms with E-state index in [2.05, 4.69) is 10.6 Å². The molecule has 0 fully saturated rings. The zero-order chi connectivity index (χ0) is 31.0. The zero-order valence-corrected chi connectivity index (χ0v) is 25.2. The first-order chi connectivity index (χ1) is 19.0. The summed E-state index contributed by atoms with van der Waals surface area (Å²) in [6, 6.07) is 11.7. The number of phenols is 1. The standard InChI is InChI=1S/C31H43N3O7/c1-9-34(24(35)19-32-29(39)41-31(6,7)8)25(22-17-13-14-20(2)26(22)36)27(37)33-23(28(38)40-30(3,4)5)18-21-15-11-10-12-16-21/h10-17,23,25,36H,9,18-19H2,1-8H3,(H,32,39)(H,33,37). The van der Waals surface area contributed by atoms with Crippen LogP contribution in [0.15, 0.2) is 48.5 Å². The van der Waals surface area contributed by atoms with Crippen molar-refractivity contribution in [3.63, 3.8) is 0 Å². The molecule has 2 atom stereocenters. The van der Waals surface area contributed by atoms with E-state index in [4.69, 9.17) is 9.47 Å². The third-order valence-electron chi connectivity index (χ3n) is 5.86. The molecule has 3 N–H and O–H groups in total. The molecule has 0 heterocycles. The maximum absolute atomic E-state index is 14.0. The highest BCUT2D eigenvalue weighted by atomic mass is 16.6. The lowest BCUT2D eigenvalue weighted by Crippen LogP contribution is -2.52. The number of esters is 1. The van der Waals surface area contributed by atoms with Crippen LogP contribution in [-0.4, -0.2) is 64.2 Å². The summed E-state index contributed by atoms with van der Waals surface area (Å²) in [6.45, 7) is 13.3. The van der Waals surface area contributed by atoms with Crippen molar-refractivity contribution in [2.24, 2.45) is 0 Å². The van der Waals surface area contributed by atoms with Crippen LogP contribution in [0.3, 0.4) is 0 Å². The minimum Gasteiger partial charge on any atom is -0.507 e. The van der Waals surface area contributed by atoms with Gasteiger partial charge in [0.1, 0.15) is 35.6 Å². The number of carbonyl (C=O) groups excluding carboxylic acids is 4. The predicted molar refractivity (Wildman–Crippen MR) is 155 cm³/mol. The number of alkyl carbamates (subject to hydrolysis) is 1. The molecule has 2 aromatic carbocycles. The van der Waals surface area contributed by atoms with E-state index in [1.165, 1.54) is 4.90 Å². The molecule has 224 valence electrons. The van der Waals surface area contributed by atoms with Gasteiger partial charge in [0.15, 0.2) is 0 Å². The minimum absolute atomic E-state index is 0.0656. The summed E-state index contributed by atoms with van der Waals surface area (Å²) in [6.07, 6.45) is -0.636. The van der Waals surface area contributed by atoms with Crippen LogP contribution in [-0.2, 0) is 30.3 Å². The van der Waals surface area contributed by atoms with Gasteiger partial charge in [-0.05, 0) is 66.5 Å². The van der Waals surface area contributed by atoms with Gasteiger partial charge in [0.25, 0.3) is 0 Å². The molecule has 0 bridgehead atoms. The number of hydrogen-bond donors (Lipinski definition) is 3. The Morgan fingerprint density at radius 1 is 0.902 bits per heavy atom. The summed E-state index contributed by atoms with van der Waals surface area (Å²) in [5.41, 5.74) is -0.0863. The summed E-state index contributed by atoms with van der Waals surface area (Å²) in [5, 5.41) is 16.1. The first-order valence-corrected chi connectivity index (χ1v) is 13.6. The number of nitrogens with one attached hydrogen (secondary N) is 2. The molecule has 2 aromatic rings. The highest BCUT2D eigenvalue weighted by molar-refractivity contribution is 5.93. The number of aromatic hydroxyl groups is 1. The van der Waals surface area contributed by atoms with Crippen molar-refractivity contribution in [3.8, 4) is 5.75 Å². The van der Waals surface area contributed by atoms with Crippen LogP contribution in [0, 0.1) is 6.92 Å². The van der Waals surface area contributed by atoms with Gasteiger partial charge in [0.2, 0.25) is 11.8 Å². The summed E-state index contributed by atoms with van der Waals surface area (Å²) in [7, 11) is 0. The van der Waals surface area contributed by atoms with Gasteiger partial charge in [-0.25, -0.2) is 9.59 Å². The number of ether oxygens (including phenoxy) is 2. The third-order valence-corrected chi connectivity index (χ3v) is 5.86. The highest BCUT2D eigenvalue weighted by Crippen LogP contribution is 2.32. The number of para-hydroxylation sites is 1. The second-order valence-corrected chi connectivity index (χ2v) is 11.7. The van der Waals surface area contributed by atoms with Crippen molar-refractivity contribution in [1.29, 1.82) is 0 Å². The van der Waals surface area contributed by atoms with Crippen LogP contribution in [0.4, 0.5) is 4.79 Å². The van der Waals surface area contributed by atoms with E-state index in [9.17, 15) is 24.3 Å². The lowest BCUT2D eigenvalue weighted by atomic mass is 9.98. The lowest BCUT2D eigenvalue weighted by Gasteiger charge is -2.33. The quantitative estimate of drug-likeness (QED) is 0.366. The van der Waals surface area contributed by atoms with Gasteiger partial charge < -0.3 is 30.1 Å². The Morgan fingerprint density at radius 2 is 1.51 bits per heavy atom. The number of carbonyl (C=O) groups is 4. The summed E-state index contributed by atoms with van der Waals surface area (Å²) in [4.78, 5) is 54.0. The Balaban J connectivity index is 2.44. The van der Waals surface area contributed by atoms with Crippen LogP contribution >= 0.6 is 0 Å². The Bertz CT molecular complexity index is 1220. The molecule has 2 rings (SSSR count). The molecular formula is C31H43N3O7. The van der Waals surface area contributed by atoms with Crippen LogP contribution in [0.25, 0.3) is 0 Å². The Labute approximate surface area is 242 Å². The molecule has 10 heteroatoms. The number of aryl methyl sites for hydroxylation is 1. The number of nitrogens with zero attached hydrogens (tertiary/aromatic N) is 1. The van der Waals surface area contributed by atoms with Crippen molar-refractivity contribution in [3.05, 3.63) is 65.2 Å². The van der Waals surface area contributed by atoms with Crippen LogP contribution in [0.1, 0.15) is 71.2 Å². The van der Waals surface area contributed by atoms with E-state index in [-0.39, 0.29) is 24.3 Å². The number of rotatable bonds is 10. The summed E-state index contributed by atoms with van der Waals surface area (Å²) in [5.74, 6) is -2.07. The predicted octanol–water partition coefficient (Wildman–Crippen LogP) is 4.18. The van der Waals surface area contributed by atoms with E-state index in [1.807, 2.05) is 30.3 Å². The van der Waals surface area contributed by atoms with Gasteiger partial charge in [-0.3, -0.25) is 9.59 Å². The third kappa shape index (κ3) is 10.4. The molecule has 0 spiro atoms. The van der Waals surface area contributed by atoms with E-state index >= 15 is 0 Å². The fourth-order valence-corrected chi connectivity index (χ4v) is 4.09. The number of amides is 3. The van der Waals surface area contributed by atoms with Crippen LogP contribution in [0.2, 0.25) is 0 Å². The second kappa shape index (κ2) is 14.0. The minimum atomic E-state index is -1.31. The summed E-state index contributed by atoms with van der Waals surface area (Å²) < 4.78 is 10.8. The Kier molecular flexibility index (Phi) is 11.3. The van der Waals surface area contributed by atoms with Crippen molar-refractivity contribution < 1.29 is 33.8 Å². The van der Waals surface area contributed by atoms with E-state index in [0.29, 0.717) is 5.56 Å². The molecule has 0 radical (unpaired) electrons. The molecule has 0 aliphatic rings. The van der Waals surface area contributed by atoms with Crippen LogP contribution < -0.4 is 10.6 Å². The number of benzene rings is 2. The van der Waals surface area contributed by atoms with Gasteiger partial charge in [-0.2, -0.15) is 0 Å². The monoisotopic (exact) mass is 569 g/mol. The number of likely N-dealkylation sites (N-methyl/N-ethyl adjacent to an activating group) is 1. The van der Waals surface area contributed by atoms with Gasteiger partial charge in [-0.1, -0.05) is 48.5 Å². The first kappa shape index (κ1) is 33.1. The van der Waals surface area contributed by atoms with Crippen LogP contribution in [0.5, 0.6) is 5.75 Å². The fraction of sp³-hybridized carbons (Fsp3) is 0.484. The summed E-state index contributed by atoms with van der Waals surface area (Å²) >= 11 is 0. The van der Waals surface area contributed by atoms with Crippen molar-refractivity contribution in [2.45, 2.75) is 85.1 Å². The van der Waals surface area contributed by atoms with Gasteiger partial charge >= 0.3 is 12.1 Å². The van der Waals surface area contributed by atoms with E-state index in [1.54, 1.807) is 73.6 Å². The van der Waals surface area contributed by atoms with Crippen molar-refractivity contribution >= 4 is 23.9 Å². The molecule has 0 aliphatic heterocycles. The number of phenolic OH excluding ortho intramolecular Hbond substituents is 1. The van der Waals surface area contributed by atoms with Crippen molar-refractivity contribution in [2.75, 3.05) is 13.1 Å². The van der Waals surface area contributed by atoms with Gasteiger partial charge in [0.05, 0.1) is 0 Å². The van der Waals surface area contributed by atoms with Gasteiger partial charge in [-0.15, -0.1) is 0 Å².